The van der Waals surface area contributed by atoms with E-state index in [4.69, 9.17) is 0 Å². The zero-order chi connectivity index (χ0) is 19.2. The Balaban J connectivity index is 1.53. The minimum atomic E-state index is -0.0731. The summed E-state index contributed by atoms with van der Waals surface area (Å²) < 4.78 is 0. The molecule has 0 amide bonds. The van der Waals surface area contributed by atoms with Crippen molar-refractivity contribution in [3.8, 4) is 0 Å². The van der Waals surface area contributed by atoms with E-state index in [0.29, 0.717) is 10.8 Å². The molecule has 0 radical (unpaired) electrons. The van der Waals surface area contributed by atoms with Crippen LogP contribution in [0.3, 0.4) is 0 Å². The van der Waals surface area contributed by atoms with E-state index in [9.17, 15) is 5.11 Å². The maximum atomic E-state index is 10.2. The predicted octanol–water partition coefficient (Wildman–Crippen LogP) is 7.14. The number of rotatable bonds is 5. The van der Waals surface area contributed by atoms with Gasteiger partial charge in [-0.1, -0.05) is 65.0 Å². The van der Waals surface area contributed by atoms with E-state index < -0.39 is 0 Å². The first-order chi connectivity index (χ1) is 12.9. The van der Waals surface area contributed by atoms with Crippen molar-refractivity contribution in [3.63, 3.8) is 0 Å². The molecule has 4 rings (SSSR count). The number of aliphatic hydroxyl groups excluding tert-OH is 1. The van der Waals surface area contributed by atoms with E-state index in [1.165, 1.54) is 64.2 Å². The third kappa shape index (κ3) is 3.34. The lowest BCUT2D eigenvalue weighted by Crippen LogP contribution is -2.51. The molecule has 4 aliphatic rings. The quantitative estimate of drug-likeness (QED) is 0.508. The van der Waals surface area contributed by atoms with Crippen molar-refractivity contribution in [2.24, 2.45) is 40.4 Å². The van der Waals surface area contributed by atoms with Crippen molar-refractivity contribution >= 4 is 0 Å². The molecule has 154 valence electrons. The summed E-state index contributed by atoms with van der Waals surface area (Å²) in [6.07, 6.45) is 18.8. The molecule has 1 N–H and O–H groups in total. The van der Waals surface area contributed by atoms with Gasteiger partial charge in [0.1, 0.15) is 0 Å². The van der Waals surface area contributed by atoms with Crippen LogP contribution < -0.4 is 0 Å². The average Bonchev–Trinajstić information content (AvgIpc) is 3.07. The molecule has 0 aromatic carbocycles. The number of hydrogen-bond donors (Lipinski definition) is 1. The molecule has 0 aromatic heterocycles. The van der Waals surface area contributed by atoms with Gasteiger partial charge in [-0.2, -0.15) is 0 Å². The van der Waals surface area contributed by atoms with Crippen LogP contribution in [0.4, 0.5) is 0 Å². The van der Waals surface area contributed by atoms with Crippen LogP contribution in [0.1, 0.15) is 105 Å². The second-order valence-corrected chi connectivity index (χ2v) is 11.5. The molecule has 0 unspecified atom stereocenters. The maximum absolute atomic E-state index is 10.2. The van der Waals surface area contributed by atoms with Crippen LogP contribution in [0, 0.1) is 40.4 Å². The second kappa shape index (κ2) is 7.51. The standard InChI is InChI=1S/C26H44O/c1-18(2)7-5-8-19(3)26-14-6-9-24(26)22-11-10-20-17-21(27)12-15-25(20,4)23(22)13-16-26/h10,18-19,21-24,27H,5-9,11-17H2,1-4H3/t19-,21+,22-,23+,24+,25+,26+/m1/s1. The van der Waals surface area contributed by atoms with Gasteiger partial charge in [0, 0.05) is 0 Å². The molecule has 0 heterocycles. The maximum Gasteiger partial charge on any atom is 0.0577 e. The van der Waals surface area contributed by atoms with Crippen LogP contribution in [0.5, 0.6) is 0 Å². The Morgan fingerprint density at radius 2 is 1.85 bits per heavy atom. The fourth-order valence-corrected chi connectivity index (χ4v) is 8.33. The van der Waals surface area contributed by atoms with Crippen molar-refractivity contribution in [1.82, 2.24) is 0 Å². The van der Waals surface area contributed by atoms with Gasteiger partial charge < -0.3 is 5.11 Å². The van der Waals surface area contributed by atoms with Crippen LogP contribution in [-0.4, -0.2) is 11.2 Å². The Morgan fingerprint density at radius 1 is 1.04 bits per heavy atom. The predicted molar refractivity (Wildman–Crippen MR) is 115 cm³/mol. The summed E-state index contributed by atoms with van der Waals surface area (Å²) in [5.74, 6) is 4.57. The summed E-state index contributed by atoms with van der Waals surface area (Å²) in [6.45, 7) is 9.93. The van der Waals surface area contributed by atoms with Gasteiger partial charge in [-0.25, -0.2) is 0 Å². The Labute approximate surface area is 168 Å². The fourth-order valence-electron chi connectivity index (χ4n) is 8.33. The summed E-state index contributed by atoms with van der Waals surface area (Å²) in [4.78, 5) is 0. The van der Waals surface area contributed by atoms with Gasteiger partial charge >= 0.3 is 0 Å². The lowest BCUT2D eigenvalue weighted by atomic mass is 9.46. The van der Waals surface area contributed by atoms with E-state index in [1.54, 1.807) is 5.57 Å². The smallest absolute Gasteiger partial charge is 0.0577 e. The fraction of sp³-hybridized carbons (Fsp3) is 0.923. The summed E-state index contributed by atoms with van der Waals surface area (Å²) in [7, 11) is 0. The first-order valence-electron chi connectivity index (χ1n) is 12.2. The highest BCUT2D eigenvalue weighted by Crippen LogP contribution is 2.67. The van der Waals surface area contributed by atoms with Crippen LogP contribution in [0.2, 0.25) is 0 Å². The molecular formula is C26H44O. The number of allylic oxidation sites excluding steroid dienone is 1. The monoisotopic (exact) mass is 372 g/mol. The van der Waals surface area contributed by atoms with Crippen molar-refractivity contribution in [3.05, 3.63) is 11.6 Å². The molecule has 1 heteroatoms. The van der Waals surface area contributed by atoms with Crippen LogP contribution in [-0.2, 0) is 0 Å². The summed E-state index contributed by atoms with van der Waals surface area (Å²) >= 11 is 0. The van der Waals surface area contributed by atoms with Gasteiger partial charge in [-0.3, -0.25) is 0 Å². The SMILES string of the molecule is CC(C)CCC[C@@H](C)[C@@]12CCC[C@H]1[C@@H]1CC=C3C[C@@H](O)CC[C@]3(C)[C@H]1CC2. The van der Waals surface area contributed by atoms with Crippen molar-refractivity contribution in [2.45, 2.75) is 111 Å². The van der Waals surface area contributed by atoms with Crippen molar-refractivity contribution in [1.29, 1.82) is 0 Å². The van der Waals surface area contributed by atoms with Gasteiger partial charge in [-0.05, 0) is 91.8 Å². The molecule has 1 nitrogen and oxygen atoms in total. The normalized spacial score (nSPS) is 45.0. The Hall–Kier alpha value is -0.300. The van der Waals surface area contributed by atoms with E-state index in [2.05, 4.69) is 33.8 Å². The number of fused-ring (bicyclic) bond motifs is 5. The Kier molecular flexibility index (Phi) is 5.56. The molecule has 0 aromatic rings. The highest BCUT2D eigenvalue weighted by atomic mass is 16.3. The van der Waals surface area contributed by atoms with Crippen LogP contribution in [0.15, 0.2) is 11.6 Å². The average molecular weight is 373 g/mol. The molecule has 3 saturated carbocycles. The third-order valence-corrected chi connectivity index (χ3v) is 9.89. The lowest BCUT2D eigenvalue weighted by molar-refractivity contribution is -0.0670. The highest BCUT2D eigenvalue weighted by Gasteiger charge is 2.58. The van der Waals surface area contributed by atoms with E-state index in [0.717, 1.165) is 42.4 Å². The molecule has 3 fully saturated rings. The van der Waals surface area contributed by atoms with Crippen molar-refractivity contribution < 1.29 is 5.11 Å². The minimum Gasteiger partial charge on any atom is -0.393 e. The minimum absolute atomic E-state index is 0.0731. The van der Waals surface area contributed by atoms with Crippen LogP contribution in [0.25, 0.3) is 0 Å². The molecule has 0 aliphatic heterocycles. The van der Waals surface area contributed by atoms with Gasteiger partial charge in [0.15, 0.2) is 0 Å². The van der Waals surface area contributed by atoms with Gasteiger partial charge in [0.25, 0.3) is 0 Å². The number of aliphatic hydroxyl groups is 1. The Bertz CT molecular complexity index is 563. The van der Waals surface area contributed by atoms with E-state index >= 15 is 0 Å². The zero-order valence-corrected chi connectivity index (χ0v) is 18.5. The van der Waals surface area contributed by atoms with Gasteiger partial charge in [0.2, 0.25) is 0 Å². The molecule has 4 aliphatic carbocycles. The van der Waals surface area contributed by atoms with Gasteiger partial charge in [0.05, 0.1) is 6.10 Å². The molecule has 0 saturated heterocycles. The molecule has 0 spiro atoms. The Morgan fingerprint density at radius 3 is 2.63 bits per heavy atom. The topological polar surface area (TPSA) is 20.2 Å². The molecular weight excluding hydrogens is 328 g/mol. The van der Waals surface area contributed by atoms with Crippen LogP contribution >= 0.6 is 0 Å². The summed E-state index contributed by atoms with van der Waals surface area (Å²) in [5.41, 5.74) is 2.68. The first kappa shape index (κ1) is 20.0. The van der Waals surface area contributed by atoms with Crippen molar-refractivity contribution in [2.75, 3.05) is 0 Å². The second-order valence-electron chi connectivity index (χ2n) is 11.5. The molecule has 0 bridgehead atoms. The zero-order valence-electron chi connectivity index (χ0n) is 18.5. The largest absolute Gasteiger partial charge is 0.393 e. The van der Waals surface area contributed by atoms with E-state index in [1.807, 2.05) is 0 Å². The third-order valence-electron chi connectivity index (χ3n) is 9.89. The molecule has 7 atom stereocenters. The number of hydrogen-bond acceptors (Lipinski definition) is 1. The summed E-state index contributed by atoms with van der Waals surface area (Å²) in [6, 6.07) is 0. The van der Waals surface area contributed by atoms with E-state index in [-0.39, 0.29) is 6.10 Å². The van der Waals surface area contributed by atoms with Gasteiger partial charge in [-0.15, -0.1) is 0 Å². The first-order valence-corrected chi connectivity index (χ1v) is 12.2. The lowest BCUT2D eigenvalue weighted by Gasteiger charge is -2.59. The highest BCUT2D eigenvalue weighted by molar-refractivity contribution is 5.25. The summed E-state index contributed by atoms with van der Waals surface area (Å²) in [5, 5.41) is 10.2. The molecule has 27 heavy (non-hydrogen) atoms.